The van der Waals surface area contributed by atoms with Crippen LogP contribution in [0.1, 0.15) is 101 Å². The summed E-state index contributed by atoms with van der Waals surface area (Å²) in [6, 6.07) is 1.51. The second kappa shape index (κ2) is 13.0. The lowest BCUT2D eigenvalue weighted by Gasteiger charge is -2.78. The normalized spacial score (nSPS) is 46.7. The number of methoxy groups -OCH3 is 1. The maximum atomic E-state index is 15.0. The summed E-state index contributed by atoms with van der Waals surface area (Å²) in [4.78, 5) is 83.8. The zero-order valence-electron chi connectivity index (χ0n) is 36.3. The fourth-order valence-corrected chi connectivity index (χ4v) is 13.7. The van der Waals surface area contributed by atoms with Crippen LogP contribution in [0.15, 0.2) is 34.3 Å². The van der Waals surface area contributed by atoms with Gasteiger partial charge in [0.25, 0.3) is 5.97 Å². The molecular weight excluding hydrogens is 804 g/mol. The van der Waals surface area contributed by atoms with Crippen molar-refractivity contribution >= 4 is 35.8 Å². The number of rotatable bonds is 9. The van der Waals surface area contributed by atoms with Crippen LogP contribution >= 0.6 is 0 Å². The van der Waals surface area contributed by atoms with Crippen molar-refractivity contribution in [2.75, 3.05) is 7.11 Å². The highest BCUT2D eigenvalue weighted by molar-refractivity contribution is 5.92. The van der Waals surface area contributed by atoms with E-state index in [-0.39, 0.29) is 12.0 Å². The third-order valence-corrected chi connectivity index (χ3v) is 15.3. The van der Waals surface area contributed by atoms with Gasteiger partial charge in [0.1, 0.15) is 23.6 Å². The van der Waals surface area contributed by atoms with Gasteiger partial charge in [-0.1, -0.05) is 48.5 Å². The Labute approximate surface area is 351 Å². The van der Waals surface area contributed by atoms with Crippen LogP contribution in [0.3, 0.4) is 0 Å². The quantitative estimate of drug-likeness (QED) is 0.156. The van der Waals surface area contributed by atoms with Crippen molar-refractivity contribution < 1.29 is 86.0 Å². The summed E-state index contributed by atoms with van der Waals surface area (Å²) in [5.41, 5.74) is -15.1. The lowest BCUT2D eigenvalue weighted by atomic mass is 9.32. The maximum absolute atomic E-state index is 15.0. The molecule has 4 bridgehead atoms. The van der Waals surface area contributed by atoms with Gasteiger partial charge >= 0.3 is 35.8 Å². The van der Waals surface area contributed by atoms with E-state index in [2.05, 4.69) is 0 Å². The molecule has 1 aromatic rings. The largest absolute Gasteiger partial charge is 0.511 e. The van der Waals surface area contributed by atoms with Crippen LogP contribution in [-0.2, 0) is 71.4 Å². The number of esters is 6. The molecule has 61 heavy (non-hydrogen) atoms. The second-order valence-corrected chi connectivity index (χ2v) is 19.2. The Bertz CT molecular complexity index is 2150. The van der Waals surface area contributed by atoms with Crippen LogP contribution in [0, 0.1) is 39.9 Å². The summed E-state index contributed by atoms with van der Waals surface area (Å²) < 4.78 is 64.1. The molecule has 4 aliphatic carbocycles. The van der Waals surface area contributed by atoms with Gasteiger partial charge in [-0.3, -0.25) is 24.0 Å². The van der Waals surface area contributed by atoms with E-state index in [1.54, 1.807) is 48.5 Å². The standard InChI is InChI=1S/C43H54O18/c1-18(2)27(48)26-28-37(9,29(57-33(26)50)23-13-14-53-16-23)30(54-20(5)44)31(55-21(6)45)43-38(10)24(15-25(47)52-12)36(8)17-40(38)41(51,34(36)58-32(49)19(3)4)35(56-22(7)46)42(28,43)60-39(11,59-40)61-43/h13-14,16,18-19,24,28-31,34-35,48,51H,15,17H2,1-12H3/t24-,28?,29-,30?,31+,34?,35+,36?,37+,38+,39?,40?,41-,42+,43-/m0/s1. The molecule has 3 aliphatic heterocycles. The first-order valence-electron chi connectivity index (χ1n) is 20.5. The molecule has 15 atom stereocenters. The average molecular weight is 859 g/mol. The van der Waals surface area contributed by atoms with E-state index in [0.717, 1.165) is 20.8 Å². The number of allylic oxidation sites excluding steroid dienone is 1. The third kappa shape index (κ3) is 4.77. The predicted molar refractivity (Wildman–Crippen MR) is 201 cm³/mol. The SMILES string of the molecule is COC(=O)C[C@H]1C2(C)CC34OC5(C)O[C@@]6([C@H](OC(C)=O)C(OC(C)=O)[C@]7(C)C(C(=C(O)C(C)C)C(=O)O[C@H]7c7ccoc7)[C@@]6(O5)[C@H](OC(C)=O)[C@@]3(O)C2OC(=O)C(C)C)[C@]14C. The Morgan fingerprint density at radius 3 is 2.02 bits per heavy atom. The molecule has 334 valence electrons. The summed E-state index contributed by atoms with van der Waals surface area (Å²) in [7, 11) is 1.19. The Balaban J connectivity index is 1.62. The first kappa shape index (κ1) is 43.1. The highest BCUT2D eigenvalue weighted by Crippen LogP contribution is 2.90. The second-order valence-electron chi connectivity index (χ2n) is 19.2. The molecule has 4 saturated carbocycles. The molecule has 7 fully saturated rings. The van der Waals surface area contributed by atoms with Crippen LogP contribution in [0.4, 0.5) is 0 Å². The molecule has 1 aromatic heterocycles. The van der Waals surface area contributed by atoms with Gasteiger partial charge in [0.15, 0.2) is 35.1 Å². The highest BCUT2D eigenvalue weighted by Gasteiger charge is 3.07. The minimum atomic E-state index is -2.63. The molecule has 4 heterocycles. The van der Waals surface area contributed by atoms with Gasteiger partial charge < -0.3 is 57.3 Å². The van der Waals surface area contributed by atoms with Crippen molar-refractivity contribution in [1.82, 2.24) is 0 Å². The number of aliphatic hydroxyl groups is 2. The predicted octanol–water partition coefficient (Wildman–Crippen LogP) is 3.67. The number of aliphatic hydroxyl groups excluding tert-OH is 1. The van der Waals surface area contributed by atoms with Crippen molar-refractivity contribution in [3.8, 4) is 0 Å². The number of cyclic esters (lactones) is 1. The van der Waals surface area contributed by atoms with E-state index in [0.29, 0.717) is 0 Å². The Morgan fingerprint density at radius 2 is 1.48 bits per heavy atom. The number of furan rings is 1. The summed E-state index contributed by atoms with van der Waals surface area (Å²) >= 11 is 0. The monoisotopic (exact) mass is 858 g/mol. The Hall–Kier alpha value is -4.52. The van der Waals surface area contributed by atoms with Crippen LogP contribution in [-0.4, -0.2) is 106 Å². The zero-order valence-corrected chi connectivity index (χ0v) is 36.3. The lowest BCUT2D eigenvalue weighted by molar-refractivity contribution is -0.490. The molecule has 0 amide bonds. The topological polar surface area (TPSA) is 239 Å². The van der Waals surface area contributed by atoms with E-state index >= 15 is 0 Å². The van der Waals surface area contributed by atoms with Crippen molar-refractivity contribution in [3.05, 3.63) is 35.5 Å². The molecule has 2 N–H and O–H groups in total. The molecule has 18 heteroatoms. The van der Waals surface area contributed by atoms with Crippen molar-refractivity contribution in [2.45, 2.75) is 148 Å². The Morgan fingerprint density at radius 1 is 0.852 bits per heavy atom. The fourth-order valence-electron chi connectivity index (χ4n) is 13.7. The van der Waals surface area contributed by atoms with Gasteiger partial charge in [-0.15, -0.1) is 0 Å². The smallest absolute Gasteiger partial charge is 0.338 e. The molecule has 0 radical (unpaired) electrons. The highest BCUT2D eigenvalue weighted by atomic mass is 16.9. The van der Waals surface area contributed by atoms with Crippen molar-refractivity contribution in [3.63, 3.8) is 0 Å². The van der Waals surface area contributed by atoms with Crippen LogP contribution in [0.25, 0.3) is 0 Å². The molecule has 18 nitrogen and oxygen atoms in total. The summed E-state index contributed by atoms with van der Waals surface area (Å²) in [6.07, 6.45) is -6.67. The fraction of sp³-hybridized carbons (Fsp3) is 0.721. The summed E-state index contributed by atoms with van der Waals surface area (Å²) in [6.45, 7) is 16.1. The molecule has 8 rings (SSSR count). The van der Waals surface area contributed by atoms with Gasteiger partial charge in [-0.25, -0.2) is 4.79 Å². The molecule has 6 unspecified atom stereocenters. The van der Waals surface area contributed by atoms with Crippen LogP contribution < -0.4 is 0 Å². The van der Waals surface area contributed by atoms with Crippen LogP contribution in [0.2, 0.25) is 0 Å². The van der Waals surface area contributed by atoms with E-state index in [1.807, 2.05) is 0 Å². The molecule has 0 aromatic carbocycles. The summed E-state index contributed by atoms with van der Waals surface area (Å²) in [5.74, 6) is -12.4. The van der Waals surface area contributed by atoms with E-state index in [1.165, 1.54) is 32.6 Å². The van der Waals surface area contributed by atoms with Gasteiger partial charge in [-0.05, 0) is 18.4 Å². The van der Waals surface area contributed by atoms with Gasteiger partial charge in [-0.2, -0.15) is 0 Å². The molecule has 2 spiro atoms. The number of hydrogen-bond donors (Lipinski definition) is 2. The van der Waals surface area contributed by atoms with Crippen molar-refractivity contribution in [1.29, 1.82) is 0 Å². The molecular formula is C43H54O18. The van der Waals surface area contributed by atoms with Crippen molar-refractivity contribution in [2.24, 2.45) is 39.9 Å². The lowest BCUT2D eigenvalue weighted by Crippen LogP contribution is -2.97. The number of hydrogen-bond acceptors (Lipinski definition) is 18. The minimum Gasteiger partial charge on any atom is -0.511 e. The minimum absolute atomic E-state index is 0.185. The number of ether oxygens (including phenoxy) is 9. The zero-order chi connectivity index (χ0) is 45.0. The van der Waals surface area contributed by atoms with Gasteiger partial charge in [0.2, 0.25) is 0 Å². The molecule has 3 saturated heterocycles. The number of carbonyl (C=O) groups is 6. The van der Waals surface area contributed by atoms with E-state index in [9.17, 15) is 39.0 Å². The first-order chi connectivity index (χ1) is 28.3. The third-order valence-electron chi connectivity index (χ3n) is 15.3. The van der Waals surface area contributed by atoms with Crippen LogP contribution in [0.5, 0.6) is 0 Å². The first-order valence-corrected chi connectivity index (χ1v) is 20.5. The number of carbonyl (C=O) groups excluding carboxylic acids is 6. The maximum Gasteiger partial charge on any atom is 0.338 e. The molecule has 7 aliphatic rings. The Kier molecular flexibility index (Phi) is 9.21. The van der Waals surface area contributed by atoms with E-state index in [4.69, 9.17) is 47.0 Å². The number of fused-ring (bicyclic) bond motifs is 3. The average Bonchev–Trinajstić information content (AvgIpc) is 3.86. The van der Waals surface area contributed by atoms with E-state index < -0.39 is 152 Å². The van der Waals surface area contributed by atoms with Gasteiger partial charge in [0, 0.05) is 62.3 Å². The van der Waals surface area contributed by atoms with Gasteiger partial charge in [0.05, 0.1) is 36.5 Å². The summed E-state index contributed by atoms with van der Waals surface area (Å²) in [5, 5.41) is 26.6.